The van der Waals surface area contributed by atoms with Crippen molar-refractivity contribution in [1.29, 1.82) is 5.26 Å². The second-order valence-electron chi connectivity index (χ2n) is 6.85. The van der Waals surface area contributed by atoms with Gasteiger partial charge < -0.3 is 5.32 Å². The van der Waals surface area contributed by atoms with Crippen LogP contribution in [0, 0.1) is 11.3 Å². The molecule has 1 aromatic rings. The Morgan fingerprint density at radius 1 is 1.29 bits per heavy atom. The molecule has 0 unspecified atom stereocenters. The molecule has 0 bridgehead atoms. The molecule has 2 heterocycles. The predicted octanol–water partition coefficient (Wildman–Crippen LogP) is 2.21. The smallest absolute Gasteiger partial charge is 0.250 e. The fourth-order valence-corrected chi connectivity index (χ4v) is 5.56. The van der Waals surface area contributed by atoms with E-state index >= 15 is 0 Å². The highest BCUT2D eigenvalue weighted by Crippen LogP contribution is 2.30. The predicted molar refractivity (Wildman–Crippen MR) is 83.7 cm³/mol. The number of nitrogens with zero attached hydrogens (tertiary/aromatic N) is 1. The summed E-state index contributed by atoms with van der Waals surface area (Å²) in [7, 11) is -3.56. The van der Waals surface area contributed by atoms with Crippen LogP contribution >= 0.6 is 11.3 Å². The van der Waals surface area contributed by atoms with Crippen LogP contribution in [0.3, 0.4) is 0 Å². The summed E-state index contributed by atoms with van der Waals surface area (Å²) in [5, 5.41) is 12.3. The van der Waals surface area contributed by atoms with Crippen LogP contribution in [0.25, 0.3) is 0 Å². The summed E-state index contributed by atoms with van der Waals surface area (Å²) >= 11 is 1.00. The van der Waals surface area contributed by atoms with Crippen molar-refractivity contribution in [2.45, 2.75) is 61.9 Å². The van der Waals surface area contributed by atoms with Crippen LogP contribution < -0.4 is 10.0 Å². The summed E-state index contributed by atoms with van der Waals surface area (Å²) in [6.07, 6.45) is 1.46. The number of thiophene rings is 1. The van der Waals surface area contributed by atoms with Gasteiger partial charge in [0.05, 0.1) is 0 Å². The number of sulfonamides is 1. The number of nitrogens with one attached hydrogen (secondary N) is 2. The summed E-state index contributed by atoms with van der Waals surface area (Å²) < 4.78 is 27.8. The van der Waals surface area contributed by atoms with Crippen LogP contribution in [-0.4, -0.2) is 25.5 Å². The quantitative estimate of drug-likeness (QED) is 0.892. The number of rotatable bonds is 3. The van der Waals surface area contributed by atoms with E-state index in [1.54, 1.807) is 0 Å². The second-order valence-corrected chi connectivity index (χ2v) is 9.87. The van der Waals surface area contributed by atoms with Gasteiger partial charge in [0, 0.05) is 17.1 Å². The molecule has 7 heteroatoms. The minimum absolute atomic E-state index is 0.117. The maximum Gasteiger partial charge on any atom is 0.250 e. The third kappa shape index (κ3) is 4.04. The summed E-state index contributed by atoms with van der Waals surface area (Å²) in [5.41, 5.74) is -0.246. The lowest BCUT2D eigenvalue weighted by molar-refractivity contribution is 0.157. The molecule has 2 N–H and O–H groups in total. The first kappa shape index (κ1) is 16.4. The average Bonchev–Trinajstić information content (AvgIpc) is 2.72. The molecule has 1 fully saturated rings. The van der Waals surface area contributed by atoms with Crippen LogP contribution in [0.2, 0.25) is 0 Å². The molecule has 2 rings (SSSR count). The Kier molecular flexibility index (Phi) is 4.19. The SMILES string of the molecule is CC1(C)CC(NS(=O)(=O)c2ccc(C#N)s2)CC(C)(C)N1. The standard InChI is InChI=1S/C14H21N3O2S2/c1-13(2)7-10(8-14(3,4)17-13)16-21(18,19)12-6-5-11(9-15)20-12/h5-6,10,16-17H,7-8H2,1-4H3. The lowest BCUT2D eigenvalue weighted by Crippen LogP contribution is -2.62. The van der Waals surface area contributed by atoms with Crippen LogP contribution in [0.15, 0.2) is 16.3 Å². The van der Waals surface area contributed by atoms with Crippen LogP contribution in [0.4, 0.5) is 0 Å². The maximum absolute atomic E-state index is 12.4. The first-order chi connectivity index (χ1) is 9.53. The van der Waals surface area contributed by atoms with Gasteiger partial charge in [0.2, 0.25) is 10.0 Å². The molecule has 0 amide bonds. The van der Waals surface area contributed by atoms with Gasteiger partial charge in [0.15, 0.2) is 0 Å². The van der Waals surface area contributed by atoms with Gasteiger partial charge in [-0.15, -0.1) is 11.3 Å². The van der Waals surface area contributed by atoms with E-state index in [2.05, 4.69) is 37.7 Å². The molecular weight excluding hydrogens is 306 g/mol. The van der Waals surface area contributed by atoms with Crippen LogP contribution in [0.5, 0.6) is 0 Å². The zero-order valence-electron chi connectivity index (χ0n) is 12.7. The number of nitriles is 1. The van der Waals surface area contributed by atoms with Gasteiger partial charge in [-0.3, -0.25) is 0 Å². The van der Waals surface area contributed by atoms with E-state index < -0.39 is 10.0 Å². The lowest BCUT2D eigenvalue weighted by Gasteiger charge is -2.46. The molecule has 5 nitrogen and oxygen atoms in total. The topological polar surface area (TPSA) is 82.0 Å². The molecule has 1 aliphatic heterocycles. The normalized spacial score (nSPS) is 21.9. The Morgan fingerprint density at radius 3 is 2.33 bits per heavy atom. The molecule has 1 aromatic heterocycles. The molecule has 0 aliphatic carbocycles. The van der Waals surface area contributed by atoms with E-state index in [1.807, 2.05) is 6.07 Å². The minimum Gasteiger partial charge on any atom is -0.307 e. The summed E-state index contributed by atoms with van der Waals surface area (Å²) in [5.74, 6) is 0. The van der Waals surface area contributed by atoms with Gasteiger partial charge in [-0.05, 0) is 52.7 Å². The van der Waals surface area contributed by atoms with Crippen molar-refractivity contribution >= 4 is 21.4 Å². The Labute approximate surface area is 130 Å². The molecule has 0 saturated carbocycles. The van der Waals surface area contributed by atoms with E-state index in [-0.39, 0.29) is 21.3 Å². The molecule has 1 saturated heterocycles. The summed E-state index contributed by atoms with van der Waals surface area (Å²) in [6.45, 7) is 8.31. The highest BCUT2D eigenvalue weighted by molar-refractivity contribution is 7.91. The third-order valence-corrected chi connectivity index (χ3v) is 6.47. The highest BCUT2D eigenvalue weighted by Gasteiger charge is 2.39. The van der Waals surface area contributed by atoms with E-state index in [0.29, 0.717) is 4.88 Å². The van der Waals surface area contributed by atoms with Crippen molar-refractivity contribution in [3.63, 3.8) is 0 Å². The first-order valence-electron chi connectivity index (χ1n) is 6.85. The van der Waals surface area contributed by atoms with E-state index in [4.69, 9.17) is 5.26 Å². The van der Waals surface area contributed by atoms with Gasteiger partial charge in [0.25, 0.3) is 0 Å². The van der Waals surface area contributed by atoms with Gasteiger partial charge >= 0.3 is 0 Å². The average molecular weight is 327 g/mol. The van der Waals surface area contributed by atoms with Gasteiger partial charge in [-0.2, -0.15) is 5.26 Å². The van der Waals surface area contributed by atoms with Crippen molar-refractivity contribution in [2.24, 2.45) is 0 Å². The third-order valence-electron chi connectivity index (χ3n) is 3.47. The molecule has 0 spiro atoms. The van der Waals surface area contributed by atoms with E-state index in [0.717, 1.165) is 24.2 Å². The van der Waals surface area contributed by atoms with Crippen molar-refractivity contribution in [3.05, 3.63) is 17.0 Å². The Hall–Kier alpha value is -0.940. The van der Waals surface area contributed by atoms with Gasteiger partial charge in [-0.1, -0.05) is 0 Å². The number of hydrogen-bond acceptors (Lipinski definition) is 5. The molecule has 21 heavy (non-hydrogen) atoms. The molecule has 0 radical (unpaired) electrons. The maximum atomic E-state index is 12.4. The Bertz CT molecular complexity index is 653. The second kappa shape index (κ2) is 5.36. The zero-order chi connectivity index (χ0) is 15.9. The fourth-order valence-electron chi connectivity index (χ4n) is 3.21. The number of piperidine rings is 1. The molecular formula is C14H21N3O2S2. The largest absolute Gasteiger partial charge is 0.307 e. The van der Waals surface area contributed by atoms with Crippen molar-refractivity contribution in [1.82, 2.24) is 10.0 Å². The summed E-state index contributed by atoms with van der Waals surface area (Å²) in [6, 6.07) is 4.88. The van der Waals surface area contributed by atoms with Gasteiger partial charge in [-0.25, -0.2) is 13.1 Å². The zero-order valence-corrected chi connectivity index (χ0v) is 14.4. The molecule has 0 atom stereocenters. The van der Waals surface area contributed by atoms with E-state index in [9.17, 15) is 8.42 Å². The van der Waals surface area contributed by atoms with E-state index in [1.165, 1.54) is 12.1 Å². The highest BCUT2D eigenvalue weighted by atomic mass is 32.2. The fraction of sp³-hybridized carbons (Fsp3) is 0.643. The van der Waals surface area contributed by atoms with Crippen LogP contribution in [0.1, 0.15) is 45.4 Å². The molecule has 0 aromatic carbocycles. The molecule has 116 valence electrons. The van der Waals surface area contributed by atoms with Gasteiger partial charge in [0.1, 0.15) is 15.2 Å². The minimum atomic E-state index is -3.56. The Balaban J connectivity index is 2.18. The number of hydrogen-bond donors (Lipinski definition) is 2. The first-order valence-corrected chi connectivity index (χ1v) is 9.15. The van der Waals surface area contributed by atoms with Crippen molar-refractivity contribution in [3.8, 4) is 6.07 Å². The Morgan fingerprint density at radius 2 is 1.86 bits per heavy atom. The summed E-state index contributed by atoms with van der Waals surface area (Å²) in [4.78, 5) is 0.404. The van der Waals surface area contributed by atoms with Crippen molar-refractivity contribution < 1.29 is 8.42 Å². The molecule has 1 aliphatic rings. The monoisotopic (exact) mass is 327 g/mol. The lowest BCUT2D eigenvalue weighted by atomic mass is 9.80. The van der Waals surface area contributed by atoms with Crippen LogP contribution in [-0.2, 0) is 10.0 Å². The van der Waals surface area contributed by atoms with Crippen molar-refractivity contribution in [2.75, 3.05) is 0 Å².